The van der Waals surface area contributed by atoms with Gasteiger partial charge in [0.25, 0.3) is 5.91 Å². The van der Waals surface area contributed by atoms with Gasteiger partial charge in [-0.05, 0) is 45.7 Å². The average Bonchev–Trinajstić information content (AvgIpc) is 3.09. The zero-order valence-corrected chi connectivity index (χ0v) is 15.4. The van der Waals surface area contributed by atoms with Crippen molar-refractivity contribution in [3.05, 3.63) is 18.0 Å². The Hall–Kier alpha value is -1.44. The number of rotatable bonds is 6. The molecule has 0 aromatic carbocycles. The Balaban J connectivity index is 1.38. The van der Waals surface area contributed by atoms with Gasteiger partial charge in [0.05, 0.1) is 18.2 Å². The number of amides is 1. The molecule has 7 heteroatoms. The third-order valence-corrected chi connectivity index (χ3v) is 4.92. The van der Waals surface area contributed by atoms with Gasteiger partial charge in [-0.2, -0.15) is 5.10 Å². The quantitative estimate of drug-likeness (QED) is 0.751. The fraction of sp³-hybridized carbons (Fsp3) is 0.778. The van der Waals surface area contributed by atoms with Gasteiger partial charge in [0, 0.05) is 38.9 Å². The van der Waals surface area contributed by atoms with Crippen molar-refractivity contribution in [1.29, 1.82) is 0 Å². The van der Waals surface area contributed by atoms with Gasteiger partial charge in [-0.3, -0.25) is 14.4 Å². The molecule has 0 spiro atoms. The zero-order chi connectivity index (χ0) is 17.6. The SMILES string of the molecule is CC1CN(CCCNC(=O)c2ccn(C3CCCNC3)n2)CC(C)O1. The molecular formula is C18H31N5O2. The fourth-order valence-corrected chi connectivity index (χ4v) is 3.78. The number of carbonyl (C=O) groups excluding carboxylic acids is 1. The molecule has 2 aliphatic heterocycles. The highest BCUT2D eigenvalue weighted by atomic mass is 16.5. The topological polar surface area (TPSA) is 71.4 Å². The van der Waals surface area contributed by atoms with Crippen molar-refractivity contribution >= 4 is 5.91 Å². The van der Waals surface area contributed by atoms with Crippen LogP contribution in [0.5, 0.6) is 0 Å². The van der Waals surface area contributed by atoms with Gasteiger partial charge in [0.15, 0.2) is 0 Å². The van der Waals surface area contributed by atoms with Gasteiger partial charge in [-0.25, -0.2) is 0 Å². The minimum absolute atomic E-state index is 0.0776. The summed E-state index contributed by atoms with van der Waals surface area (Å²) >= 11 is 0. The summed E-state index contributed by atoms with van der Waals surface area (Å²) in [5.41, 5.74) is 0.513. The first kappa shape index (κ1) is 18.4. The van der Waals surface area contributed by atoms with Gasteiger partial charge >= 0.3 is 0 Å². The summed E-state index contributed by atoms with van der Waals surface area (Å²) in [6.07, 6.45) is 5.71. The van der Waals surface area contributed by atoms with Gasteiger partial charge in [-0.1, -0.05) is 0 Å². The number of ether oxygens (including phenoxy) is 1. The monoisotopic (exact) mass is 349 g/mol. The third kappa shape index (κ3) is 5.26. The van der Waals surface area contributed by atoms with Gasteiger partial charge in [-0.15, -0.1) is 0 Å². The first-order valence-electron chi connectivity index (χ1n) is 9.53. The molecule has 1 aromatic rings. The normalized spacial score (nSPS) is 28.0. The Labute approximate surface area is 150 Å². The maximum Gasteiger partial charge on any atom is 0.271 e. The van der Waals surface area contributed by atoms with Crippen LogP contribution in [-0.2, 0) is 4.74 Å². The summed E-state index contributed by atoms with van der Waals surface area (Å²) in [7, 11) is 0. The van der Waals surface area contributed by atoms with Crippen LogP contribution in [0.15, 0.2) is 12.3 Å². The van der Waals surface area contributed by atoms with Crippen molar-refractivity contribution in [2.45, 2.75) is 51.4 Å². The van der Waals surface area contributed by atoms with Crippen molar-refractivity contribution in [3.8, 4) is 0 Å². The van der Waals surface area contributed by atoms with Crippen molar-refractivity contribution < 1.29 is 9.53 Å². The number of nitrogens with zero attached hydrogens (tertiary/aromatic N) is 3. The van der Waals surface area contributed by atoms with E-state index in [2.05, 4.69) is 34.5 Å². The molecule has 7 nitrogen and oxygen atoms in total. The lowest BCUT2D eigenvalue weighted by Crippen LogP contribution is -2.46. The maximum absolute atomic E-state index is 12.3. The lowest BCUT2D eigenvalue weighted by molar-refractivity contribution is -0.0679. The van der Waals surface area contributed by atoms with E-state index in [1.54, 1.807) is 0 Å². The van der Waals surface area contributed by atoms with E-state index in [1.165, 1.54) is 0 Å². The highest BCUT2D eigenvalue weighted by Crippen LogP contribution is 2.15. The van der Waals surface area contributed by atoms with E-state index >= 15 is 0 Å². The molecule has 1 amide bonds. The summed E-state index contributed by atoms with van der Waals surface area (Å²) in [6, 6.07) is 2.18. The van der Waals surface area contributed by atoms with Crippen molar-refractivity contribution in [2.75, 3.05) is 39.3 Å². The van der Waals surface area contributed by atoms with Crippen LogP contribution in [0.25, 0.3) is 0 Å². The molecule has 140 valence electrons. The Kier molecular flexibility index (Phi) is 6.45. The molecule has 0 radical (unpaired) electrons. The van der Waals surface area contributed by atoms with E-state index in [-0.39, 0.29) is 18.1 Å². The van der Waals surface area contributed by atoms with Gasteiger partial charge < -0.3 is 15.4 Å². The summed E-state index contributed by atoms with van der Waals surface area (Å²) in [4.78, 5) is 14.7. The molecule has 3 rings (SSSR count). The minimum atomic E-state index is -0.0776. The second kappa shape index (κ2) is 8.78. The first-order valence-corrected chi connectivity index (χ1v) is 9.53. The molecule has 2 saturated heterocycles. The second-order valence-corrected chi connectivity index (χ2v) is 7.31. The zero-order valence-electron chi connectivity index (χ0n) is 15.4. The molecule has 25 heavy (non-hydrogen) atoms. The second-order valence-electron chi connectivity index (χ2n) is 7.31. The van der Waals surface area contributed by atoms with Crippen LogP contribution in [0.1, 0.15) is 49.6 Å². The first-order chi connectivity index (χ1) is 12.1. The molecule has 0 aliphatic carbocycles. The molecule has 1 aromatic heterocycles. The van der Waals surface area contributed by atoms with E-state index in [1.807, 2.05) is 16.9 Å². The summed E-state index contributed by atoms with van der Waals surface area (Å²) in [5.74, 6) is -0.0776. The van der Waals surface area contributed by atoms with E-state index in [9.17, 15) is 4.79 Å². The molecule has 2 N–H and O–H groups in total. The lowest BCUT2D eigenvalue weighted by Gasteiger charge is -2.35. The van der Waals surface area contributed by atoms with Crippen LogP contribution in [0, 0.1) is 0 Å². The number of hydrogen-bond donors (Lipinski definition) is 2. The van der Waals surface area contributed by atoms with E-state index in [0.717, 1.165) is 52.0 Å². The standard InChI is InChI=1S/C18H31N5O2/c1-14-12-22(13-15(2)25-14)9-4-8-20-18(24)17-6-10-23(21-17)16-5-3-7-19-11-16/h6,10,14-16,19H,3-5,7-9,11-13H2,1-2H3,(H,20,24). The Morgan fingerprint density at radius 1 is 1.40 bits per heavy atom. The molecular weight excluding hydrogens is 318 g/mol. The number of morpholine rings is 1. The smallest absolute Gasteiger partial charge is 0.271 e. The number of nitrogens with one attached hydrogen (secondary N) is 2. The summed E-state index contributed by atoms with van der Waals surface area (Å²) in [5, 5.41) is 10.8. The molecule has 0 bridgehead atoms. The van der Waals surface area contributed by atoms with E-state index in [4.69, 9.17) is 4.74 Å². The Bertz CT molecular complexity index is 545. The summed E-state index contributed by atoms with van der Waals surface area (Å²) < 4.78 is 7.67. The third-order valence-electron chi connectivity index (χ3n) is 4.92. The molecule has 3 heterocycles. The predicted molar refractivity (Wildman–Crippen MR) is 96.8 cm³/mol. The molecule has 3 unspecified atom stereocenters. The van der Waals surface area contributed by atoms with Crippen LogP contribution in [-0.4, -0.2) is 72.1 Å². The van der Waals surface area contributed by atoms with Crippen molar-refractivity contribution in [3.63, 3.8) is 0 Å². The van der Waals surface area contributed by atoms with Crippen LogP contribution in [0.4, 0.5) is 0 Å². The Morgan fingerprint density at radius 2 is 2.20 bits per heavy atom. The van der Waals surface area contributed by atoms with Gasteiger partial charge in [0.2, 0.25) is 0 Å². The van der Waals surface area contributed by atoms with Crippen molar-refractivity contribution in [1.82, 2.24) is 25.3 Å². The average molecular weight is 349 g/mol. The largest absolute Gasteiger partial charge is 0.373 e. The number of carbonyl (C=O) groups is 1. The molecule has 2 aliphatic rings. The fourth-order valence-electron chi connectivity index (χ4n) is 3.78. The number of aromatic nitrogens is 2. The van der Waals surface area contributed by atoms with Crippen molar-refractivity contribution in [2.24, 2.45) is 0 Å². The van der Waals surface area contributed by atoms with Gasteiger partial charge in [0.1, 0.15) is 5.69 Å². The molecule has 3 atom stereocenters. The van der Waals surface area contributed by atoms with Crippen LogP contribution >= 0.6 is 0 Å². The molecule has 0 saturated carbocycles. The van der Waals surface area contributed by atoms with Crippen LogP contribution in [0.2, 0.25) is 0 Å². The highest BCUT2D eigenvalue weighted by Gasteiger charge is 2.21. The Morgan fingerprint density at radius 3 is 2.92 bits per heavy atom. The van der Waals surface area contributed by atoms with E-state index in [0.29, 0.717) is 18.3 Å². The van der Waals surface area contributed by atoms with E-state index < -0.39 is 0 Å². The highest BCUT2D eigenvalue weighted by molar-refractivity contribution is 5.92. The number of piperidine rings is 1. The summed E-state index contributed by atoms with van der Waals surface area (Å²) in [6.45, 7) is 9.84. The maximum atomic E-state index is 12.3. The molecule has 2 fully saturated rings. The van der Waals surface area contributed by atoms with Crippen LogP contribution in [0.3, 0.4) is 0 Å². The number of hydrogen-bond acceptors (Lipinski definition) is 5. The predicted octanol–water partition coefficient (Wildman–Crippen LogP) is 1.04. The van der Waals surface area contributed by atoms with Crippen LogP contribution < -0.4 is 10.6 Å². The minimum Gasteiger partial charge on any atom is -0.373 e. The lowest BCUT2D eigenvalue weighted by atomic mass is 10.1.